The number of ether oxygens (including phenoxy) is 1. The minimum absolute atomic E-state index is 0.00972. The third-order valence-corrected chi connectivity index (χ3v) is 4.16. The normalized spacial score (nSPS) is 25.4. The van der Waals surface area contributed by atoms with Gasteiger partial charge in [-0.3, -0.25) is 24.8 Å². The van der Waals surface area contributed by atoms with Gasteiger partial charge in [0.05, 0.1) is 15.9 Å². The Labute approximate surface area is 151 Å². The summed E-state index contributed by atoms with van der Waals surface area (Å²) in [6, 6.07) is 2.82. The van der Waals surface area contributed by atoms with E-state index in [1.807, 2.05) is 0 Å². The maximum Gasteiger partial charge on any atom is 0.278 e. The van der Waals surface area contributed by atoms with Gasteiger partial charge in [0.25, 0.3) is 11.4 Å². The van der Waals surface area contributed by atoms with Gasteiger partial charge >= 0.3 is 0 Å². The molecule has 1 aliphatic heterocycles. The van der Waals surface area contributed by atoms with Crippen molar-refractivity contribution in [1.82, 2.24) is 0 Å². The molecule has 1 aromatic rings. The Hall–Kier alpha value is -2.03. The number of rotatable bonds is 8. The topological polar surface area (TPSA) is 226 Å². The van der Waals surface area contributed by atoms with E-state index < -0.39 is 60.4 Å². The second-order valence-electron chi connectivity index (χ2n) is 5.57. The monoisotopic (exact) mass is 407 g/mol. The highest BCUT2D eigenvalue weighted by Gasteiger charge is 2.43. The van der Waals surface area contributed by atoms with Gasteiger partial charge in [-0.25, -0.2) is 0 Å². The van der Waals surface area contributed by atoms with E-state index >= 15 is 0 Å². The van der Waals surface area contributed by atoms with Gasteiger partial charge in [-0.2, -0.15) is 0 Å². The number of phosphoric ester groups is 1. The number of nitro groups is 2. The van der Waals surface area contributed by atoms with Gasteiger partial charge in [-0.1, -0.05) is 0 Å². The molecule has 0 bridgehead atoms. The molecule has 1 heterocycles. The summed E-state index contributed by atoms with van der Waals surface area (Å²) in [7, 11) is -5.29. The first-order chi connectivity index (χ1) is 12.5. The van der Waals surface area contributed by atoms with Crippen molar-refractivity contribution in [3.8, 4) is 0 Å². The second-order valence-corrected chi connectivity index (χ2v) is 6.72. The number of non-ortho nitro benzene ring substituents is 2. The van der Waals surface area contributed by atoms with Crippen molar-refractivity contribution >= 4 is 25.2 Å². The minimum atomic E-state index is -5.29. The molecule has 15 heteroatoms. The zero-order valence-electron chi connectivity index (χ0n) is 13.4. The second kappa shape index (κ2) is 8.33. The molecule has 1 aromatic carbocycles. The van der Waals surface area contributed by atoms with Crippen molar-refractivity contribution in [2.45, 2.75) is 24.4 Å². The van der Waals surface area contributed by atoms with Crippen molar-refractivity contribution in [1.29, 1.82) is 0 Å². The number of benzene rings is 1. The standard InChI is InChI=1S/C12H16N3O11P/c16-11-9(26-10(12(11)17)5-25-27(22,23)24)4-13-6-1-7(14(18)19)3-8(2-6)15(20)21/h1-3,9-13,16-17H,4-5H2,(H2,22,23,24)/p-2/t9-,10-,11+,12-/m1/s1. The summed E-state index contributed by atoms with van der Waals surface area (Å²) in [6.45, 7) is -1.04. The number of hydrogen-bond acceptors (Lipinski definition) is 12. The number of phosphoric acid groups is 1. The van der Waals surface area contributed by atoms with Gasteiger partial charge in [0.2, 0.25) is 0 Å². The largest absolute Gasteiger partial charge is 0.663 e. The number of nitrogens with one attached hydrogen (secondary N) is 1. The van der Waals surface area contributed by atoms with Crippen molar-refractivity contribution in [2.75, 3.05) is 18.5 Å². The van der Waals surface area contributed by atoms with E-state index in [0.29, 0.717) is 0 Å². The molecule has 0 saturated carbocycles. The molecule has 3 N–H and O–H groups in total. The number of aliphatic hydroxyl groups excluding tert-OH is 2. The van der Waals surface area contributed by atoms with Crippen LogP contribution in [-0.4, -0.2) is 57.6 Å². The Bertz CT molecular complexity index is 680. The smallest absolute Gasteiger partial charge is 0.278 e. The zero-order chi connectivity index (χ0) is 20.4. The van der Waals surface area contributed by atoms with E-state index in [1.54, 1.807) is 0 Å². The molecule has 1 aliphatic rings. The van der Waals surface area contributed by atoms with Crippen LogP contribution in [0.1, 0.15) is 0 Å². The number of nitro benzene ring substituents is 2. The van der Waals surface area contributed by atoms with Gasteiger partial charge < -0.3 is 34.9 Å². The summed E-state index contributed by atoms with van der Waals surface area (Å²) in [6.07, 6.45) is -5.45. The van der Waals surface area contributed by atoms with Gasteiger partial charge in [0.15, 0.2) is 0 Å². The van der Waals surface area contributed by atoms with Gasteiger partial charge in [-0.15, -0.1) is 0 Å². The predicted molar refractivity (Wildman–Crippen MR) is 81.8 cm³/mol. The molecule has 4 atom stereocenters. The van der Waals surface area contributed by atoms with Crippen LogP contribution in [0.2, 0.25) is 0 Å². The summed E-state index contributed by atoms with van der Waals surface area (Å²) < 4.78 is 9.21. The Morgan fingerprint density at radius 2 is 1.56 bits per heavy atom. The van der Waals surface area contributed by atoms with Gasteiger partial charge in [0.1, 0.15) is 31.0 Å². The highest BCUT2D eigenvalue weighted by Crippen LogP contribution is 2.32. The van der Waals surface area contributed by atoms with Crippen molar-refractivity contribution < 1.29 is 44.0 Å². The van der Waals surface area contributed by atoms with E-state index in [-0.39, 0.29) is 12.2 Å². The van der Waals surface area contributed by atoms with Crippen LogP contribution in [0.25, 0.3) is 0 Å². The van der Waals surface area contributed by atoms with Crippen molar-refractivity contribution in [3.05, 3.63) is 38.4 Å². The molecule has 27 heavy (non-hydrogen) atoms. The highest BCUT2D eigenvalue weighted by molar-refractivity contribution is 7.48. The maximum atomic E-state index is 10.8. The summed E-state index contributed by atoms with van der Waals surface area (Å²) in [5.74, 6) is 0. The summed E-state index contributed by atoms with van der Waals surface area (Å²) >= 11 is 0. The van der Waals surface area contributed by atoms with Crippen LogP contribution in [0, 0.1) is 20.2 Å². The minimum Gasteiger partial charge on any atom is -0.663 e. The van der Waals surface area contributed by atoms with Gasteiger partial charge in [-0.05, 0) is 8.17 Å². The lowest BCUT2D eigenvalue weighted by Gasteiger charge is -2.38. The first-order valence-corrected chi connectivity index (χ1v) is 8.80. The summed E-state index contributed by atoms with van der Waals surface area (Å²) in [5.41, 5.74) is -1.08. The van der Waals surface area contributed by atoms with E-state index in [4.69, 9.17) is 4.74 Å². The third kappa shape index (κ3) is 5.72. The Kier molecular flexibility index (Phi) is 6.56. The van der Waals surface area contributed by atoms with Gasteiger partial charge in [0, 0.05) is 24.4 Å². The highest BCUT2D eigenvalue weighted by atomic mass is 31.2. The number of aliphatic hydroxyl groups is 2. The fraction of sp³-hybridized carbons (Fsp3) is 0.500. The molecule has 0 spiro atoms. The summed E-state index contributed by atoms with van der Waals surface area (Å²) in [5, 5.41) is 44.0. The first-order valence-electron chi connectivity index (χ1n) is 7.34. The fourth-order valence-corrected chi connectivity index (χ4v) is 2.75. The molecule has 2 rings (SSSR count). The lowest BCUT2D eigenvalue weighted by molar-refractivity contribution is -0.457. The first kappa shape index (κ1) is 21.3. The zero-order valence-corrected chi connectivity index (χ0v) is 14.3. The lowest BCUT2D eigenvalue weighted by Crippen LogP contribution is -2.39. The van der Waals surface area contributed by atoms with Crippen LogP contribution in [0.5, 0.6) is 0 Å². The van der Waals surface area contributed by atoms with Crippen LogP contribution >= 0.6 is 8.17 Å². The Morgan fingerprint density at radius 3 is 2.04 bits per heavy atom. The molecule has 0 radical (unpaired) electrons. The van der Waals surface area contributed by atoms with E-state index in [1.165, 1.54) is 0 Å². The van der Waals surface area contributed by atoms with Crippen LogP contribution in [-0.2, 0) is 9.26 Å². The molecule has 14 nitrogen and oxygen atoms in total. The van der Waals surface area contributed by atoms with Crippen LogP contribution in [0.4, 0.5) is 17.1 Å². The molecule has 1 saturated heterocycles. The van der Waals surface area contributed by atoms with Crippen molar-refractivity contribution in [2.24, 2.45) is 0 Å². The maximum absolute atomic E-state index is 10.8. The fourth-order valence-electron chi connectivity index (χ4n) is 2.42. The molecule has 0 unspecified atom stereocenters. The number of hydrogen-bond donors (Lipinski definition) is 3. The molecule has 150 valence electrons. The SMILES string of the molecule is O=[N+]([O-])c1cc(NC[C@H]2O[C@H](CO[P+]([O-])([O-])[O-])[C@@H](O)[C@H]2O)cc([N+](=O)[O-])c1. The molecule has 0 aliphatic carbocycles. The molecule has 0 amide bonds. The van der Waals surface area contributed by atoms with E-state index in [9.17, 15) is 45.1 Å². The van der Waals surface area contributed by atoms with Crippen LogP contribution < -0.4 is 20.0 Å². The van der Waals surface area contributed by atoms with Crippen molar-refractivity contribution in [3.63, 3.8) is 0 Å². The summed E-state index contributed by atoms with van der Waals surface area (Å²) in [4.78, 5) is 51.5. The van der Waals surface area contributed by atoms with E-state index in [0.717, 1.165) is 18.2 Å². The molecule has 0 aromatic heterocycles. The van der Waals surface area contributed by atoms with E-state index in [2.05, 4.69) is 9.84 Å². The Morgan fingerprint density at radius 1 is 1.04 bits per heavy atom. The number of anilines is 1. The molecular weight excluding hydrogens is 393 g/mol. The predicted octanol–water partition coefficient (Wildman–Crippen LogP) is -2.82. The Balaban J connectivity index is 2.03. The third-order valence-electron chi connectivity index (χ3n) is 3.69. The van der Waals surface area contributed by atoms with Crippen LogP contribution in [0.15, 0.2) is 18.2 Å². The molecular formula is C12H14N3O11P-2. The quantitative estimate of drug-likeness (QED) is 0.225. The lowest BCUT2D eigenvalue weighted by atomic mass is 10.1. The molecule has 1 fully saturated rings. The average Bonchev–Trinajstić information content (AvgIpc) is 2.85. The number of nitrogens with zero attached hydrogens (tertiary/aromatic N) is 2. The van der Waals surface area contributed by atoms with Crippen LogP contribution in [0.3, 0.4) is 0 Å². The average molecular weight is 407 g/mol.